The number of hydrogen-bond acceptors (Lipinski definition) is 6. The highest BCUT2D eigenvalue weighted by Crippen LogP contribution is 2.21. The summed E-state index contributed by atoms with van der Waals surface area (Å²) in [5, 5.41) is 7.44. The number of anilines is 2. The smallest absolute Gasteiger partial charge is 0.243 e. The predicted octanol–water partition coefficient (Wildman–Crippen LogP) is 3.47. The normalized spacial score (nSPS) is 15.3. The zero-order valence-corrected chi connectivity index (χ0v) is 18.7. The molecule has 0 saturated carbocycles. The molecule has 0 bridgehead atoms. The highest BCUT2D eigenvalue weighted by molar-refractivity contribution is 7.89. The van der Waals surface area contributed by atoms with Gasteiger partial charge in [0.2, 0.25) is 16.0 Å². The summed E-state index contributed by atoms with van der Waals surface area (Å²) in [4.78, 5) is 12.2. The van der Waals surface area contributed by atoms with Gasteiger partial charge in [0.1, 0.15) is 0 Å². The van der Waals surface area contributed by atoms with E-state index in [1.165, 1.54) is 4.31 Å². The molecule has 0 unspecified atom stereocenters. The first-order chi connectivity index (χ1) is 16.1. The van der Waals surface area contributed by atoms with E-state index in [9.17, 15) is 8.42 Å². The average Bonchev–Trinajstić information content (AvgIpc) is 3.34. The van der Waals surface area contributed by atoms with E-state index in [0.29, 0.717) is 32.1 Å². The fourth-order valence-electron chi connectivity index (χ4n) is 3.80. The Hall–Kier alpha value is -3.53. The molecule has 1 saturated heterocycles. The van der Waals surface area contributed by atoms with Gasteiger partial charge in [-0.2, -0.15) is 4.31 Å². The van der Waals surface area contributed by atoms with E-state index in [1.54, 1.807) is 36.7 Å². The standard InChI is InChI=1S/C24H24N6O2S/c31-33(32,30-14-12-25-13-15-30)21-8-6-20(7-9-21)29-24-27-16-18(17-28-24)4-5-19-2-1-3-23-22(19)10-11-26-23/h1-11,16-17,25-26H,12-15H2,(H,27,28,29)/b5-4+. The van der Waals surface area contributed by atoms with Crippen molar-refractivity contribution in [3.63, 3.8) is 0 Å². The summed E-state index contributed by atoms with van der Waals surface area (Å²) >= 11 is 0. The van der Waals surface area contributed by atoms with E-state index >= 15 is 0 Å². The van der Waals surface area contributed by atoms with Gasteiger partial charge in [-0.25, -0.2) is 18.4 Å². The molecule has 0 amide bonds. The van der Waals surface area contributed by atoms with Crippen molar-refractivity contribution in [1.29, 1.82) is 0 Å². The van der Waals surface area contributed by atoms with Gasteiger partial charge in [-0.05, 0) is 42.0 Å². The fourth-order valence-corrected chi connectivity index (χ4v) is 5.24. The first kappa shape index (κ1) is 21.3. The Kier molecular flexibility index (Phi) is 5.91. The zero-order chi connectivity index (χ0) is 22.7. The maximum absolute atomic E-state index is 12.8. The molecule has 0 aliphatic carbocycles. The Morgan fingerprint density at radius 3 is 2.45 bits per heavy atom. The van der Waals surface area contributed by atoms with Crippen LogP contribution in [0.2, 0.25) is 0 Å². The van der Waals surface area contributed by atoms with Crippen LogP contribution in [-0.2, 0) is 10.0 Å². The monoisotopic (exact) mass is 460 g/mol. The molecule has 4 aromatic rings. The van der Waals surface area contributed by atoms with Gasteiger partial charge in [0.15, 0.2) is 0 Å². The van der Waals surface area contributed by atoms with E-state index in [4.69, 9.17) is 0 Å². The number of H-pyrrole nitrogens is 1. The summed E-state index contributed by atoms with van der Waals surface area (Å²) < 4.78 is 27.0. The SMILES string of the molecule is O=S(=O)(c1ccc(Nc2ncc(/C=C/c3cccc4[nH]ccc34)cn2)cc1)N1CCNCC1. The number of piperazine rings is 1. The van der Waals surface area contributed by atoms with Crippen LogP contribution in [0.4, 0.5) is 11.6 Å². The van der Waals surface area contributed by atoms with Crippen molar-refractivity contribution in [2.75, 3.05) is 31.5 Å². The van der Waals surface area contributed by atoms with Crippen molar-refractivity contribution in [1.82, 2.24) is 24.6 Å². The van der Waals surface area contributed by atoms with Gasteiger partial charge in [0, 0.05) is 66.9 Å². The molecule has 3 N–H and O–H groups in total. The summed E-state index contributed by atoms with van der Waals surface area (Å²) in [7, 11) is -3.47. The van der Waals surface area contributed by atoms with E-state index in [0.717, 1.165) is 27.7 Å². The predicted molar refractivity (Wildman–Crippen MR) is 131 cm³/mol. The summed E-state index contributed by atoms with van der Waals surface area (Å²) in [5.41, 5.74) is 3.81. The van der Waals surface area contributed by atoms with Crippen molar-refractivity contribution in [3.8, 4) is 0 Å². The lowest BCUT2D eigenvalue weighted by Gasteiger charge is -2.26. The van der Waals surface area contributed by atoms with E-state index in [1.807, 2.05) is 30.5 Å². The third-order valence-electron chi connectivity index (χ3n) is 5.58. The van der Waals surface area contributed by atoms with Gasteiger partial charge in [0.25, 0.3) is 0 Å². The maximum Gasteiger partial charge on any atom is 0.243 e. The molecule has 3 heterocycles. The van der Waals surface area contributed by atoms with E-state index < -0.39 is 10.0 Å². The third-order valence-corrected chi connectivity index (χ3v) is 7.49. The maximum atomic E-state index is 12.8. The molecular formula is C24H24N6O2S. The number of rotatable bonds is 6. The molecule has 0 radical (unpaired) electrons. The van der Waals surface area contributed by atoms with Crippen LogP contribution >= 0.6 is 0 Å². The number of nitrogens with one attached hydrogen (secondary N) is 3. The van der Waals surface area contributed by atoms with Crippen molar-refractivity contribution < 1.29 is 8.42 Å². The topological polar surface area (TPSA) is 103 Å². The minimum absolute atomic E-state index is 0.286. The molecular weight excluding hydrogens is 436 g/mol. The Morgan fingerprint density at radius 1 is 0.939 bits per heavy atom. The molecule has 5 rings (SSSR count). The zero-order valence-electron chi connectivity index (χ0n) is 17.9. The Labute approximate surface area is 192 Å². The number of fused-ring (bicyclic) bond motifs is 1. The van der Waals surface area contributed by atoms with E-state index in [-0.39, 0.29) is 4.90 Å². The minimum atomic E-state index is -3.47. The second-order valence-corrected chi connectivity index (χ2v) is 9.70. The molecule has 9 heteroatoms. The second kappa shape index (κ2) is 9.14. The van der Waals surface area contributed by atoms with Crippen molar-refractivity contribution >= 4 is 44.7 Å². The quantitative estimate of drug-likeness (QED) is 0.407. The van der Waals surface area contributed by atoms with Crippen LogP contribution in [0.3, 0.4) is 0 Å². The van der Waals surface area contributed by atoms with Crippen LogP contribution in [0.1, 0.15) is 11.1 Å². The van der Waals surface area contributed by atoms with Gasteiger partial charge < -0.3 is 15.6 Å². The number of nitrogens with zero attached hydrogens (tertiary/aromatic N) is 3. The number of aromatic amines is 1. The lowest BCUT2D eigenvalue weighted by molar-refractivity contribution is 0.360. The molecule has 1 fully saturated rings. The van der Waals surface area contributed by atoms with Gasteiger partial charge in [-0.15, -0.1) is 0 Å². The van der Waals surface area contributed by atoms with Gasteiger partial charge in [0.05, 0.1) is 4.90 Å². The highest BCUT2D eigenvalue weighted by atomic mass is 32.2. The summed E-state index contributed by atoms with van der Waals surface area (Å²) in [5.74, 6) is 0.442. The third kappa shape index (κ3) is 4.65. The average molecular weight is 461 g/mol. The first-order valence-electron chi connectivity index (χ1n) is 10.7. The molecule has 8 nitrogen and oxygen atoms in total. The van der Waals surface area contributed by atoms with Gasteiger partial charge >= 0.3 is 0 Å². The molecule has 2 aromatic heterocycles. The number of benzene rings is 2. The van der Waals surface area contributed by atoms with Crippen molar-refractivity contribution in [2.45, 2.75) is 4.90 Å². The second-order valence-electron chi connectivity index (χ2n) is 7.76. The van der Waals surface area contributed by atoms with Crippen molar-refractivity contribution in [3.05, 3.63) is 78.2 Å². The van der Waals surface area contributed by atoms with Gasteiger partial charge in [-0.1, -0.05) is 24.3 Å². The number of aromatic nitrogens is 3. The van der Waals surface area contributed by atoms with Crippen LogP contribution < -0.4 is 10.6 Å². The van der Waals surface area contributed by atoms with Crippen molar-refractivity contribution in [2.24, 2.45) is 0 Å². The highest BCUT2D eigenvalue weighted by Gasteiger charge is 2.25. The molecule has 33 heavy (non-hydrogen) atoms. The number of hydrogen-bond donors (Lipinski definition) is 3. The Morgan fingerprint density at radius 2 is 1.70 bits per heavy atom. The lowest BCUT2D eigenvalue weighted by atomic mass is 10.1. The van der Waals surface area contributed by atoms with E-state index in [2.05, 4.69) is 37.7 Å². The minimum Gasteiger partial charge on any atom is -0.361 e. The fraction of sp³-hybridized carbons (Fsp3) is 0.167. The summed E-state index contributed by atoms with van der Waals surface area (Å²) in [6, 6.07) is 14.9. The molecule has 1 aliphatic heterocycles. The molecule has 0 atom stereocenters. The summed E-state index contributed by atoms with van der Waals surface area (Å²) in [6.07, 6.45) is 9.43. The van der Waals surface area contributed by atoms with Crippen LogP contribution in [0.25, 0.3) is 23.1 Å². The van der Waals surface area contributed by atoms with Crippen LogP contribution in [0.5, 0.6) is 0 Å². The largest absolute Gasteiger partial charge is 0.361 e. The Bertz CT molecular complexity index is 1370. The molecule has 2 aromatic carbocycles. The number of sulfonamides is 1. The van der Waals surface area contributed by atoms with Crippen LogP contribution in [0.15, 0.2) is 72.0 Å². The molecule has 0 spiro atoms. The molecule has 168 valence electrons. The lowest BCUT2D eigenvalue weighted by Crippen LogP contribution is -2.46. The van der Waals surface area contributed by atoms with Crippen LogP contribution in [-0.4, -0.2) is 53.9 Å². The first-order valence-corrected chi connectivity index (χ1v) is 12.2. The molecule has 1 aliphatic rings. The van der Waals surface area contributed by atoms with Gasteiger partial charge in [-0.3, -0.25) is 0 Å². The Balaban J connectivity index is 1.25. The summed E-state index contributed by atoms with van der Waals surface area (Å²) in [6.45, 7) is 2.31. The van der Waals surface area contributed by atoms with Crippen LogP contribution in [0, 0.1) is 0 Å².